The predicted molar refractivity (Wildman–Crippen MR) is 107 cm³/mol. The third-order valence-electron chi connectivity index (χ3n) is 4.28. The molecule has 0 bridgehead atoms. The van der Waals surface area contributed by atoms with Crippen molar-refractivity contribution in [1.29, 1.82) is 0 Å². The van der Waals surface area contributed by atoms with Gasteiger partial charge in [0.15, 0.2) is 0 Å². The zero-order chi connectivity index (χ0) is 21.0. The molecule has 0 aromatic rings. The van der Waals surface area contributed by atoms with Crippen LogP contribution >= 0.6 is 0 Å². The maximum Gasteiger partial charge on any atom is 1.00 e. The van der Waals surface area contributed by atoms with Gasteiger partial charge in [-0.15, -0.1) is 0 Å². The van der Waals surface area contributed by atoms with Gasteiger partial charge in [0.1, 0.15) is 13.1 Å². The molecule has 2 amide bonds. The molecule has 0 aliphatic carbocycles. The summed E-state index contributed by atoms with van der Waals surface area (Å²) >= 11 is 0. The van der Waals surface area contributed by atoms with Crippen molar-refractivity contribution in [2.24, 2.45) is 4.99 Å². The number of carbonyl (C=O) groups excluding carboxylic acids is 2. The fourth-order valence-electron chi connectivity index (χ4n) is 2.65. The van der Waals surface area contributed by atoms with E-state index in [1.165, 1.54) is 51.4 Å². The van der Waals surface area contributed by atoms with Crippen LogP contribution in [0.1, 0.15) is 84.0 Å². The normalized spacial score (nSPS) is 10.9. The van der Waals surface area contributed by atoms with Gasteiger partial charge in [-0.2, -0.15) is 0 Å². The van der Waals surface area contributed by atoms with Gasteiger partial charge in [-0.3, -0.25) is 19.4 Å². The third-order valence-corrected chi connectivity index (χ3v) is 4.28. The molecule has 9 heteroatoms. The van der Waals surface area contributed by atoms with Crippen LogP contribution in [0.4, 0.5) is 0 Å². The molecule has 3 N–H and O–H groups in total. The van der Waals surface area contributed by atoms with Crippen molar-refractivity contribution in [2.45, 2.75) is 84.0 Å². The Morgan fingerprint density at radius 1 is 0.793 bits per heavy atom. The van der Waals surface area contributed by atoms with Crippen LogP contribution in [0.2, 0.25) is 0 Å². The summed E-state index contributed by atoms with van der Waals surface area (Å²) in [6.45, 7) is 1.06. The minimum Gasteiger partial charge on any atom is -0.862 e. The number of nitrogens with zero attached hydrogens (tertiary/aromatic N) is 1. The van der Waals surface area contributed by atoms with E-state index in [-0.39, 0.29) is 48.5 Å². The number of hydrogen-bond donors (Lipinski definition) is 3. The Morgan fingerprint density at radius 2 is 1.28 bits per heavy atom. The van der Waals surface area contributed by atoms with Crippen molar-refractivity contribution in [2.75, 3.05) is 19.6 Å². The molecule has 0 aromatic heterocycles. The molecule has 0 radical (unpaired) electrons. The summed E-state index contributed by atoms with van der Waals surface area (Å²) < 4.78 is 0. The quantitative estimate of drug-likeness (QED) is 0.110. The number of aliphatic carboxylic acids is 1. The number of unbranched alkanes of at least 4 members (excludes halogenated alkanes) is 10. The molecule has 0 saturated heterocycles. The maximum absolute atomic E-state index is 11.6. The predicted octanol–water partition coefficient (Wildman–Crippen LogP) is -1.23. The van der Waals surface area contributed by atoms with E-state index in [0.717, 1.165) is 19.3 Å². The number of nitrogens with one attached hydrogen (secondary N) is 2. The minimum atomic E-state index is -1.16. The molecule has 0 unspecified atom stereocenters. The van der Waals surface area contributed by atoms with E-state index in [2.05, 4.69) is 22.5 Å². The average Bonchev–Trinajstić information content (AvgIpc) is 2.67. The molecule has 0 spiro atoms. The molecule has 162 valence electrons. The van der Waals surface area contributed by atoms with Crippen LogP contribution in [0, 0.1) is 0 Å². The second kappa shape index (κ2) is 21.6. The fraction of sp³-hybridized carbons (Fsp3) is 0.800. The Balaban J connectivity index is 0. The molecule has 0 aliphatic heterocycles. The first-order valence-corrected chi connectivity index (χ1v) is 10.4. The average molecular weight is 422 g/mol. The van der Waals surface area contributed by atoms with Crippen LogP contribution in [0.5, 0.6) is 0 Å². The van der Waals surface area contributed by atoms with Crippen LogP contribution in [0.25, 0.3) is 0 Å². The second-order valence-electron chi connectivity index (χ2n) is 6.94. The van der Waals surface area contributed by atoms with Crippen molar-refractivity contribution in [3.63, 3.8) is 0 Å². The number of amides is 2. The largest absolute Gasteiger partial charge is 1.00 e. The Bertz CT molecular complexity index is 487. The van der Waals surface area contributed by atoms with Crippen LogP contribution in [0.3, 0.4) is 0 Å². The van der Waals surface area contributed by atoms with Gasteiger partial charge < -0.3 is 20.8 Å². The van der Waals surface area contributed by atoms with Crippen molar-refractivity contribution in [3.05, 3.63) is 0 Å². The number of carbonyl (C=O) groups is 3. The molecule has 0 aliphatic rings. The summed E-state index contributed by atoms with van der Waals surface area (Å²) in [6.07, 6.45) is 13.6. The van der Waals surface area contributed by atoms with E-state index in [1.54, 1.807) is 0 Å². The first kappa shape index (κ1) is 30.1. The van der Waals surface area contributed by atoms with E-state index in [0.29, 0.717) is 6.42 Å². The van der Waals surface area contributed by atoms with Gasteiger partial charge in [0.05, 0.1) is 6.54 Å². The van der Waals surface area contributed by atoms with Crippen LogP contribution in [0.15, 0.2) is 4.99 Å². The molecular weight excluding hydrogens is 385 g/mol. The molecule has 0 saturated carbocycles. The van der Waals surface area contributed by atoms with Crippen molar-refractivity contribution in [1.82, 2.24) is 10.6 Å². The molecule has 0 rings (SSSR count). The molecule has 8 nitrogen and oxygen atoms in total. The smallest absolute Gasteiger partial charge is 0.862 e. The van der Waals surface area contributed by atoms with Gasteiger partial charge in [-0.05, 0) is 18.7 Å². The molecule has 29 heavy (non-hydrogen) atoms. The summed E-state index contributed by atoms with van der Waals surface area (Å²) in [7, 11) is 0. The molecule has 0 heterocycles. The zero-order valence-corrected chi connectivity index (χ0v) is 20.1. The van der Waals surface area contributed by atoms with E-state index >= 15 is 0 Å². The van der Waals surface area contributed by atoms with E-state index in [1.807, 2.05) is 0 Å². The van der Waals surface area contributed by atoms with Gasteiger partial charge in [0.2, 0.25) is 11.8 Å². The van der Waals surface area contributed by atoms with Gasteiger partial charge in [-0.1, -0.05) is 71.1 Å². The number of carboxylic acid groups (broad SMARTS) is 1. The van der Waals surface area contributed by atoms with Crippen molar-refractivity contribution in [3.8, 4) is 0 Å². The Hall–Kier alpha value is -1.12. The zero-order valence-electron chi connectivity index (χ0n) is 18.1. The van der Waals surface area contributed by atoms with E-state index in [4.69, 9.17) is 5.11 Å². The first-order chi connectivity index (χ1) is 13.5. The number of rotatable bonds is 18. The van der Waals surface area contributed by atoms with E-state index in [9.17, 15) is 19.5 Å². The Morgan fingerprint density at radius 3 is 1.79 bits per heavy atom. The number of carboxylic acids is 1. The minimum absolute atomic E-state index is 0. The summed E-state index contributed by atoms with van der Waals surface area (Å²) in [6, 6.07) is 0. The second-order valence-corrected chi connectivity index (χ2v) is 6.94. The van der Waals surface area contributed by atoms with Crippen LogP contribution in [-0.2, 0) is 14.4 Å². The van der Waals surface area contributed by atoms with E-state index < -0.39 is 24.3 Å². The molecule has 0 atom stereocenters. The number of hydrogen-bond acceptors (Lipinski definition) is 5. The SMILES string of the molecule is CCCCCCCCCCCCCC([O-])=NCC(=O)NCC(=O)NCC(=O)O.[Na+]. The molecule has 0 aromatic carbocycles. The summed E-state index contributed by atoms with van der Waals surface area (Å²) in [5.41, 5.74) is 0. The monoisotopic (exact) mass is 421 g/mol. The molecule has 0 fully saturated rings. The maximum atomic E-state index is 11.6. The van der Waals surface area contributed by atoms with Crippen molar-refractivity contribution < 1.29 is 54.2 Å². The standard InChI is InChI=1S/C20H37N3O5.Na/c1-2-3-4-5-6-7-8-9-10-11-12-13-17(24)21-14-18(25)22-15-19(26)23-16-20(27)28;/h2-16H2,1H3,(H,21,24)(H,22,25)(H,23,26)(H,27,28);/q;+1/p-1. The Labute approximate surface area is 196 Å². The van der Waals surface area contributed by atoms with Gasteiger partial charge in [0.25, 0.3) is 0 Å². The van der Waals surface area contributed by atoms with Gasteiger partial charge >= 0.3 is 35.5 Å². The van der Waals surface area contributed by atoms with Crippen LogP contribution < -0.4 is 45.3 Å². The molecular formula is C20H36N3NaO5. The topological polar surface area (TPSA) is 131 Å². The summed E-state index contributed by atoms with van der Waals surface area (Å²) in [5.74, 6) is -2.62. The van der Waals surface area contributed by atoms with Gasteiger partial charge in [-0.25, -0.2) is 0 Å². The summed E-state index contributed by atoms with van der Waals surface area (Å²) in [4.78, 5) is 36.7. The van der Waals surface area contributed by atoms with Crippen LogP contribution in [-0.4, -0.2) is 48.4 Å². The first-order valence-electron chi connectivity index (χ1n) is 10.4. The fourth-order valence-corrected chi connectivity index (χ4v) is 2.65. The summed E-state index contributed by atoms with van der Waals surface area (Å²) in [5, 5.41) is 24.4. The van der Waals surface area contributed by atoms with Gasteiger partial charge in [0, 0.05) is 0 Å². The Kier molecular flexibility index (Phi) is 22.4. The number of aliphatic imine (C=N–C) groups is 1. The van der Waals surface area contributed by atoms with Crippen molar-refractivity contribution >= 4 is 23.7 Å². The third kappa shape index (κ3) is 23.0.